The Morgan fingerprint density at radius 1 is 0.872 bits per heavy atom. The van der Waals surface area contributed by atoms with E-state index in [0.29, 0.717) is 25.0 Å². The molecule has 2 aromatic heterocycles. The minimum atomic E-state index is -1.27. The van der Waals surface area contributed by atoms with Crippen LogP contribution in [0.2, 0.25) is 0 Å². The van der Waals surface area contributed by atoms with E-state index in [1.165, 1.54) is 6.92 Å². The Labute approximate surface area is 233 Å². The van der Waals surface area contributed by atoms with Crippen LogP contribution in [-0.4, -0.2) is 83.9 Å². The number of nitrogens with zero attached hydrogens (tertiary/aromatic N) is 7. The van der Waals surface area contributed by atoms with Gasteiger partial charge in [0.05, 0.1) is 24.6 Å². The second kappa shape index (κ2) is 11.8. The van der Waals surface area contributed by atoms with E-state index in [0.717, 1.165) is 62.3 Å². The summed E-state index contributed by atoms with van der Waals surface area (Å²) in [6.07, 6.45) is 6.97. The van der Waals surface area contributed by atoms with Crippen molar-refractivity contribution in [1.82, 2.24) is 24.4 Å². The highest BCUT2D eigenvalue weighted by Gasteiger charge is 2.30. The second-order valence-electron chi connectivity index (χ2n) is 12.0. The van der Waals surface area contributed by atoms with Gasteiger partial charge in [0.25, 0.3) is 0 Å². The molecule has 1 atom stereocenters. The zero-order chi connectivity index (χ0) is 28.4. The molecule has 214 valence electrons. The van der Waals surface area contributed by atoms with E-state index in [1.807, 2.05) is 30.6 Å². The van der Waals surface area contributed by atoms with Crippen molar-refractivity contribution in [3.05, 3.63) is 35.4 Å². The first kappa shape index (κ1) is 29.2. The van der Waals surface area contributed by atoms with Gasteiger partial charge in [0.1, 0.15) is 11.6 Å². The number of hydrogen-bond donors (Lipinski definition) is 0. The van der Waals surface area contributed by atoms with Gasteiger partial charge in [-0.3, -0.25) is 4.57 Å². The van der Waals surface area contributed by atoms with Crippen molar-refractivity contribution in [3.8, 4) is 5.95 Å². The van der Waals surface area contributed by atoms with Crippen molar-refractivity contribution >= 4 is 23.8 Å². The van der Waals surface area contributed by atoms with Crippen LogP contribution in [0.4, 0.5) is 16.0 Å². The second-order valence-corrected chi connectivity index (χ2v) is 12.0. The molecule has 2 aromatic rings. The average Bonchev–Trinajstić information content (AvgIpc) is 3.13. The van der Waals surface area contributed by atoms with Gasteiger partial charge in [-0.15, -0.1) is 0 Å². The molecule has 4 heterocycles. The number of likely N-dealkylation sites (N-methyl/N-ethyl adjacent to an activating group) is 1. The van der Waals surface area contributed by atoms with Crippen molar-refractivity contribution in [2.24, 2.45) is 10.8 Å². The monoisotopic (exact) mass is 539 g/mol. The summed E-state index contributed by atoms with van der Waals surface area (Å²) in [4.78, 5) is 21.8. The van der Waals surface area contributed by atoms with E-state index in [1.54, 1.807) is 0 Å². The van der Waals surface area contributed by atoms with Crippen LogP contribution in [0.5, 0.6) is 0 Å². The quantitative estimate of drug-likeness (QED) is 0.516. The van der Waals surface area contributed by atoms with Crippen LogP contribution in [0.15, 0.2) is 18.2 Å². The first-order valence-electron chi connectivity index (χ1n) is 14.3. The van der Waals surface area contributed by atoms with Crippen molar-refractivity contribution < 1.29 is 9.13 Å². The number of hydrogen-bond acceptors (Lipinski definition) is 7. The smallest absolute Gasteiger partial charge is 0.239 e. The Hall–Kier alpha value is -2.78. The Kier molecular flexibility index (Phi) is 8.81. The average molecular weight is 540 g/mol. The molecule has 2 aliphatic heterocycles. The Morgan fingerprint density at radius 3 is 2.18 bits per heavy atom. The van der Waals surface area contributed by atoms with Gasteiger partial charge < -0.3 is 19.4 Å². The molecule has 9 heteroatoms. The molecule has 39 heavy (non-hydrogen) atoms. The standard InChI is InChI=1S/C28H40FN7O.C2H6/c1-20(29)25-30-21-7-9-27(2,3)10-8-22(21)36(25)26-31-23(34-13-15-37-16-14-34)17-24(32-26)35-12-11-33(6)18-28(4,5)19-35;1-2/h7-10,17,20H,11-16,18-19H2,1-6H3;1-2H3. The largest absolute Gasteiger partial charge is 0.378 e. The van der Waals surface area contributed by atoms with Gasteiger partial charge in [-0.05, 0) is 31.5 Å². The highest BCUT2D eigenvalue weighted by Crippen LogP contribution is 2.33. The molecular formula is C30H46FN7O. The number of aromatic nitrogens is 4. The molecular weight excluding hydrogens is 493 g/mol. The Bertz CT molecular complexity index is 1190. The lowest BCUT2D eigenvalue weighted by atomic mass is 9.93. The lowest BCUT2D eigenvalue weighted by Crippen LogP contribution is -2.38. The highest BCUT2D eigenvalue weighted by molar-refractivity contribution is 5.66. The summed E-state index contributed by atoms with van der Waals surface area (Å²) in [5, 5.41) is 0. The van der Waals surface area contributed by atoms with E-state index in [-0.39, 0.29) is 10.8 Å². The zero-order valence-electron chi connectivity index (χ0n) is 25.0. The molecule has 0 aromatic carbocycles. The van der Waals surface area contributed by atoms with Crippen LogP contribution < -0.4 is 9.80 Å². The SMILES string of the molecule is CC.CC(F)c1nc2c(n1-c1nc(N3CCOCC3)cc(N3CCN(C)CC(C)(C)C3)n1)C=CC(C)(C)C=C2. The van der Waals surface area contributed by atoms with Gasteiger partial charge in [0.15, 0.2) is 12.0 Å². The third-order valence-corrected chi connectivity index (χ3v) is 7.28. The van der Waals surface area contributed by atoms with Gasteiger partial charge in [0, 0.05) is 50.7 Å². The van der Waals surface area contributed by atoms with E-state index in [2.05, 4.69) is 67.7 Å². The maximum absolute atomic E-state index is 15.0. The summed E-state index contributed by atoms with van der Waals surface area (Å²) >= 11 is 0. The number of rotatable bonds is 4. The van der Waals surface area contributed by atoms with E-state index < -0.39 is 6.17 Å². The van der Waals surface area contributed by atoms with Gasteiger partial charge in [-0.2, -0.15) is 9.97 Å². The topological polar surface area (TPSA) is 62.6 Å². The molecule has 8 nitrogen and oxygen atoms in total. The molecule has 0 spiro atoms. The highest BCUT2D eigenvalue weighted by atomic mass is 19.1. The number of fused-ring (bicyclic) bond motifs is 1. The number of halogens is 1. The fourth-order valence-corrected chi connectivity index (χ4v) is 5.44. The number of anilines is 2. The van der Waals surface area contributed by atoms with Gasteiger partial charge in [-0.1, -0.05) is 53.7 Å². The van der Waals surface area contributed by atoms with Crippen LogP contribution in [-0.2, 0) is 4.74 Å². The fraction of sp³-hybridized carbons (Fsp3) is 0.633. The molecule has 2 fully saturated rings. The van der Waals surface area contributed by atoms with Gasteiger partial charge >= 0.3 is 0 Å². The summed E-state index contributed by atoms with van der Waals surface area (Å²) in [7, 11) is 2.17. The molecule has 5 rings (SSSR count). The van der Waals surface area contributed by atoms with E-state index >= 15 is 0 Å². The molecule has 1 aliphatic carbocycles. The lowest BCUT2D eigenvalue weighted by molar-refractivity contribution is 0.122. The molecule has 0 saturated carbocycles. The van der Waals surface area contributed by atoms with Gasteiger partial charge in [-0.25, -0.2) is 9.37 Å². The summed E-state index contributed by atoms with van der Waals surface area (Å²) in [5.74, 6) is 2.48. The summed E-state index contributed by atoms with van der Waals surface area (Å²) in [6, 6.07) is 2.09. The molecule has 0 bridgehead atoms. The maximum Gasteiger partial charge on any atom is 0.239 e. The normalized spacial score (nSPS) is 21.5. The maximum atomic E-state index is 15.0. The lowest BCUT2D eigenvalue weighted by Gasteiger charge is -2.32. The summed E-state index contributed by atoms with van der Waals surface area (Å²) in [6.45, 7) is 20.9. The molecule has 0 radical (unpaired) electrons. The van der Waals surface area contributed by atoms with Gasteiger partial charge in [0.2, 0.25) is 5.95 Å². The zero-order valence-corrected chi connectivity index (χ0v) is 25.0. The molecule has 2 saturated heterocycles. The summed E-state index contributed by atoms with van der Waals surface area (Å²) in [5.41, 5.74) is 1.51. The van der Waals surface area contributed by atoms with E-state index in [9.17, 15) is 4.39 Å². The van der Waals surface area contributed by atoms with Crippen LogP contribution >= 0.6 is 0 Å². The minimum Gasteiger partial charge on any atom is -0.378 e. The predicted molar refractivity (Wildman–Crippen MR) is 158 cm³/mol. The minimum absolute atomic E-state index is 0.0965. The molecule has 0 amide bonds. The Balaban J connectivity index is 0.00000172. The van der Waals surface area contributed by atoms with Crippen LogP contribution in [0.1, 0.15) is 71.9 Å². The van der Waals surface area contributed by atoms with Crippen LogP contribution in [0, 0.1) is 10.8 Å². The third-order valence-electron chi connectivity index (χ3n) is 7.28. The van der Waals surface area contributed by atoms with Crippen molar-refractivity contribution in [2.75, 3.05) is 69.3 Å². The molecule has 0 N–H and O–H groups in total. The van der Waals surface area contributed by atoms with Crippen LogP contribution in [0.3, 0.4) is 0 Å². The molecule has 1 unspecified atom stereocenters. The first-order chi connectivity index (χ1) is 18.5. The molecule has 3 aliphatic rings. The number of alkyl halides is 1. The van der Waals surface area contributed by atoms with Crippen molar-refractivity contribution in [2.45, 2.75) is 54.6 Å². The first-order valence-corrected chi connectivity index (χ1v) is 14.3. The van der Waals surface area contributed by atoms with Crippen LogP contribution in [0.25, 0.3) is 18.1 Å². The van der Waals surface area contributed by atoms with E-state index in [4.69, 9.17) is 19.7 Å². The third kappa shape index (κ3) is 6.69. The number of allylic oxidation sites excluding steroid dienone is 2. The Morgan fingerprint density at radius 2 is 1.51 bits per heavy atom. The summed E-state index contributed by atoms with van der Waals surface area (Å²) < 4.78 is 22.4. The number of morpholine rings is 1. The number of ether oxygens (including phenoxy) is 1. The fourth-order valence-electron chi connectivity index (χ4n) is 5.44. The number of imidazole rings is 1. The predicted octanol–water partition coefficient (Wildman–Crippen LogP) is 5.40. The van der Waals surface area contributed by atoms with Crippen molar-refractivity contribution in [1.29, 1.82) is 0 Å². The van der Waals surface area contributed by atoms with Crippen molar-refractivity contribution in [3.63, 3.8) is 0 Å².